The molecule has 2 rings (SSSR count). The first-order chi connectivity index (χ1) is 10.1. The zero-order chi connectivity index (χ0) is 15.4. The van der Waals surface area contributed by atoms with Crippen LogP contribution in [0.2, 0.25) is 0 Å². The van der Waals surface area contributed by atoms with E-state index in [1.54, 1.807) is 0 Å². The lowest BCUT2D eigenvalue weighted by molar-refractivity contribution is -0.126. The Hall–Kier alpha value is -1.84. The summed E-state index contributed by atoms with van der Waals surface area (Å²) in [6, 6.07) is 5.37. The molecule has 0 saturated carbocycles. The van der Waals surface area contributed by atoms with Gasteiger partial charge in [-0.1, -0.05) is 44.4 Å². The van der Waals surface area contributed by atoms with Gasteiger partial charge >= 0.3 is 0 Å². The highest BCUT2D eigenvalue weighted by atomic mass is 16.2. The molecule has 4 nitrogen and oxygen atoms in total. The lowest BCUT2D eigenvalue weighted by atomic mass is 10.1. The Balaban J connectivity index is 2.22. The molecule has 1 N–H and O–H groups in total. The van der Waals surface area contributed by atoms with Crippen molar-refractivity contribution < 1.29 is 9.59 Å². The van der Waals surface area contributed by atoms with E-state index in [4.69, 9.17) is 0 Å². The summed E-state index contributed by atoms with van der Waals surface area (Å²) < 4.78 is 0. The van der Waals surface area contributed by atoms with Gasteiger partial charge in [-0.2, -0.15) is 0 Å². The smallest absolute Gasteiger partial charge is 0.254 e. The summed E-state index contributed by atoms with van der Waals surface area (Å²) in [6.07, 6.45) is 4.50. The monoisotopic (exact) mass is 288 g/mol. The van der Waals surface area contributed by atoms with Gasteiger partial charge in [0.1, 0.15) is 6.04 Å². The van der Waals surface area contributed by atoms with Crippen LogP contribution >= 0.6 is 0 Å². The van der Waals surface area contributed by atoms with E-state index < -0.39 is 6.04 Å². The van der Waals surface area contributed by atoms with Crippen LogP contribution in [0.3, 0.4) is 0 Å². The van der Waals surface area contributed by atoms with Gasteiger partial charge in [0.05, 0.1) is 5.69 Å². The van der Waals surface area contributed by atoms with E-state index in [-0.39, 0.29) is 11.8 Å². The third-order valence-electron chi connectivity index (χ3n) is 3.95. The molecule has 0 bridgehead atoms. The highest BCUT2D eigenvalue weighted by Gasteiger charge is 2.38. The quantitative estimate of drug-likeness (QED) is 0.818. The molecule has 1 heterocycles. The molecule has 0 aliphatic carbocycles. The van der Waals surface area contributed by atoms with Crippen LogP contribution in [0.4, 0.5) is 5.69 Å². The predicted octanol–water partition coefficient (Wildman–Crippen LogP) is 3.10. The number of carbonyl (C=O) groups excluding carboxylic acids is 2. The first kappa shape index (κ1) is 15.5. The Bertz CT molecular complexity index is 540. The molecule has 2 amide bonds. The topological polar surface area (TPSA) is 49.4 Å². The summed E-state index contributed by atoms with van der Waals surface area (Å²) in [5, 5.41) is 2.78. The van der Waals surface area contributed by atoms with E-state index >= 15 is 0 Å². The second kappa shape index (κ2) is 6.74. The molecule has 1 unspecified atom stereocenters. The molecule has 1 aromatic carbocycles. The summed E-state index contributed by atoms with van der Waals surface area (Å²) in [7, 11) is 0. The Morgan fingerprint density at radius 3 is 2.71 bits per heavy atom. The van der Waals surface area contributed by atoms with E-state index in [1.165, 1.54) is 19.8 Å². The molecule has 0 spiro atoms. The summed E-state index contributed by atoms with van der Waals surface area (Å²) in [5.74, 6) is -0.181. The average Bonchev–Trinajstić information content (AvgIpc) is 2.70. The highest BCUT2D eigenvalue weighted by molar-refractivity contribution is 6.06. The first-order valence-electron chi connectivity index (χ1n) is 7.74. The van der Waals surface area contributed by atoms with Gasteiger partial charge in [-0.3, -0.25) is 9.59 Å². The number of carbonyl (C=O) groups is 2. The van der Waals surface area contributed by atoms with E-state index in [2.05, 4.69) is 12.2 Å². The van der Waals surface area contributed by atoms with Gasteiger partial charge in [-0.25, -0.2) is 0 Å². The van der Waals surface area contributed by atoms with Gasteiger partial charge in [0, 0.05) is 19.0 Å². The maximum Gasteiger partial charge on any atom is 0.254 e. The first-order valence-corrected chi connectivity index (χ1v) is 7.74. The Labute approximate surface area is 126 Å². The molecule has 0 saturated heterocycles. The largest absolute Gasteiger partial charge is 0.341 e. The van der Waals surface area contributed by atoms with Crippen LogP contribution in [-0.2, 0) is 9.59 Å². The van der Waals surface area contributed by atoms with Gasteiger partial charge in [-0.05, 0) is 18.9 Å². The Morgan fingerprint density at radius 2 is 2.05 bits per heavy atom. The molecule has 21 heavy (non-hydrogen) atoms. The van der Waals surface area contributed by atoms with Gasteiger partial charge in [0.15, 0.2) is 0 Å². The van der Waals surface area contributed by atoms with Crippen molar-refractivity contribution in [1.82, 2.24) is 5.32 Å². The maximum absolute atomic E-state index is 12.6. The van der Waals surface area contributed by atoms with E-state index in [0.29, 0.717) is 0 Å². The van der Waals surface area contributed by atoms with Gasteiger partial charge in [-0.15, -0.1) is 0 Å². The van der Waals surface area contributed by atoms with E-state index in [0.717, 1.165) is 36.2 Å². The fourth-order valence-corrected chi connectivity index (χ4v) is 2.94. The van der Waals surface area contributed by atoms with Crippen LogP contribution in [-0.4, -0.2) is 18.4 Å². The fourth-order valence-electron chi connectivity index (χ4n) is 2.94. The van der Waals surface area contributed by atoms with Crippen molar-refractivity contribution in [2.75, 3.05) is 11.4 Å². The normalized spacial score (nSPS) is 17.0. The lowest BCUT2D eigenvalue weighted by Gasteiger charge is -2.19. The number of nitrogens with one attached hydrogen (secondary N) is 1. The second-order valence-corrected chi connectivity index (χ2v) is 5.70. The second-order valence-electron chi connectivity index (χ2n) is 5.70. The number of hydrogen-bond acceptors (Lipinski definition) is 2. The minimum absolute atomic E-state index is 0.00833. The number of rotatable bonds is 6. The number of amides is 2. The van der Waals surface area contributed by atoms with Gasteiger partial charge in [0.2, 0.25) is 5.91 Å². The minimum atomic E-state index is -0.524. The van der Waals surface area contributed by atoms with Crippen LogP contribution < -0.4 is 10.2 Å². The molecule has 1 aromatic rings. The van der Waals surface area contributed by atoms with E-state index in [9.17, 15) is 9.59 Å². The molecule has 1 atom stereocenters. The SMILES string of the molecule is CCCCCCN1C(=O)C(NC(C)=O)c2cccc(C)c21. The molecule has 0 radical (unpaired) electrons. The lowest BCUT2D eigenvalue weighted by Crippen LogP contribution is -2.37. The number of anilines is 1. The third kappa shape index (κ3) is 3.26. The minimum Gasteiger partial charge on any atom is -0.341 e. The van der Waals surface area contributed by atoms with Crippen LogP contribution in [0.25, 0.3) is 0 Å². The van der Waals surface area contributed by atoms with Gasteiger partial charge in [0.25, 0.3) is 5.91 Å². The van der Waals surface area contributed by atoms with Crippen LogP contribution in [0.5, 0.6) is 0 Å². The number of benzene rings is 1. The molecule has 0 fully saturated rings. The molecule has 4 heteroatoms. The summed E-state index contributed by atoms with van der Waals surface area (Å²) >= 11 is 0. The van der Waals surface area contributed by atoms with Crippen molar-refractivity contribution in [3.63, 3.8) is 0 Å². The number of unbranched alkanes of at least 4 members (excludes halogenated alkanes) is 3. The van der Waals surface area contributed by atoms with Crippen molar-refractivity contribution in [2.45, 2.75) is 52.5 Å². The molecule has 114 valence electrons. The zero-order valence-electron chi connectivity index (χ0n) is 13.1. The molecular weight excluding hydrogens is 264 g/mol. The number of para-hydroxylation sites is 1. The molecule has 1 aliphatic heterocycles. The van der Waals surface area contributed by atoms with Crippen molar-refractivity contribution in [2.24, 2.45) is 0 Å². The third-order valence-corrected chi connectivity index (χ3v) is 3.95. The predicted molar refractivity (Wildman–Crippen MR) is 84.2 cm³/mol. The zero-order valence-corrected chi connectivity index (χ0v) is 13.1. The number of aryl methyl sites for hydroxylation is 1. The summed E-state index contributed by atoms with van der Waals surface area (Å²) in [5.41, 5.74) is 2.99. The Kier molecular flexibility index (Phi) is 4.99. The molecule has 0 aromatic heterocycles. The van der Waals surface area contributed by atoms with Crippen molar-refractivity contribution >= 4 is 17.5 Å². The van der Waals surface area contributed by atoms with E-state index in [1.807, 2.05) is 30.0 Å². The molecular formula is C17H24N2O2. The van der Waals surface area contributed by atoms with Crippen LogP contribution in [0.15, 0.2) is 18.2 Å². The molecule has 1 aliphatic rings. The summed E-state index contributed by atoms with van der Waals surface area (Å²) in [6.45, 7) is 6.37. The van der Waals surface area contributed by atoms with Gasteiger partial charge < -0.3 is 10.2 Å². The standard InChI is InChI=1S/C17H24N2O2/c1-4-5-6-7-11-19-16-12(2)9-8-10-14(16)15(17(19)21)18-13(3)20/h8-10,15H,4-7,11H2,1-3H3,(H,18,20). The highest BCUT2D eigenvalue weighted by Crippen LogP contribution is 2.38. The van der Waals surface area contributed by atoms with Crippen molar-refractivity contribution in [3.8, 4) is 0 Å². The number of hydrogen-bond donors (Lipinski definition) is 1. The van der Waals surface area contributed by atoms with Crippen molar-refractivity contribution in [1.29, 1.82) is 0 Å². The Morgan fingerprint density at radius 1 is 1.29 bits per heavy atom. The number of fused-ring (bicyclic) bond motifs is 1. The van der Waals surface area contributed by atoms with Crippen LogP contribution in [0.1, 0.15) is 56.7 Å². The number of nitrogens with zero attached hydrogens (tertiary/aromatic N) is 1. The van der Waals surface area contributed by atoms with Crippen molar-refractivity contribution in [3.05, 3.63) is 29.3 Å². The average molecular weight is 288 g/mol. The summed E-state index contributed by atoms with van der Waals surface area (Å²) in [4.78, 5) is 25.8. The maximum atomic E-state index is 12.6. The van der Waals surface area contributed by atoms with Crippen LogP contribution in [0, 0.1) is 6.92 Å². The fraction of sp³-hybridized carbons (Fsp3) is 0.529.